The molecule has 0 aliphatic heterocycles. The Morgan fingerprint density at radius 2 is 1.54 bits per heavy atom. The van der Waals surface area contributed by atoms with E-state index in [9.17, 15) is 9.59 Å². The van der Waals surface area contributed by atoms with E-state index in [1.54, 1.807) is 43.5 Å². The number of nitrogens with zero attached hydrogens (tertiary/aromatic N) is 1. The quantitative estimate of drug-likeness (QED) is 0.667. The SMILES string of the molecule is Cn1c(=O)/c(=C/c2ccccc2)[nH]c(=O)/c1=C/c1ccc(N)cc1. The minimum absolute atomic E-state index is 0.253. The van der Waals surface area contributed by atoms with Gasteiger partial charge >= 0.3 is 0 Å². The molecule has 2 aromatic carbocycles. The molecule has 0 spiro atoms. The number of aromatic nitrogens is 2. The van der Waals surface area contributed by atoms with Crippen molar-refractivity contribution in [1.29, 1.82) is 0 Å². The van der Waals surface area contributed by atoms with Crippen LogP contribution in [0, 0.1) is 0 Å². The highest BCUT2D eigenvalue weighted by Gasteiger charge is 2.01. The number of nitrogens with two attached hydrogens (primary N) is 1. The first-order valence-electron chi connectivity index (χ1n) is 7.48. The van der Waals surface area contributed by atoms with Gasteiger partial charge < -0.3 is 15.3 Å². The van der Waals surface area contributed by atoms with Gasteiger partial charge in [0.05, 0.1) is 0 Å². The minimum atomic E-state index is -0.323. The minimum Gasteiger partial charge on any atom is -0.399 e. The van der Waals surface area contributed by atoms with Gasteiger partial charge in [0.2, 0.25) is 0 Å². The van der Waals surface area contributed by atoms with Crippen LogP contribution in [-0.2, 0) is 7.05 Å². The second-order valence-electron chi connectivity index (χ2n) is 5.48. The molecular formula is C19H17N3O2. The first kappa shape index (κ1) is 15.6. The van der Waals surface area contributed by atoms with Gasteiger partial charge in [-0.15, -0.1) is 0 Å². The molecule has 0 aliphatic carbocycles. The molecule has 120 valence electrons. The van der Waals surface area contributed by atoms with Crippen molar-refractivity contribution >= 4 is 17.8 Å². The molecule has 0 amide bonds. The maximum Gasteiger partial charge on any atom is 0.274 e. The molecule has 0 saturated carbocycles. The summed E-state index contributed by atoms with van der Waals surface area (Å²) in [6.45, 7) is 0. The second-order valence-corrected chi connectivity index (χ2v) is 5.48. The summed E-state index contributed by atoms with van der Waals surface area (Å²) in [5.41, 5.74) is 7.35. The molecule has 24 heavy (non-hydrogen) atoms. The molecule has 5 heteroatoms. The van der Waals surface area contributed by atoms with Crippen LogP contribution < -0.4 is 27.6 Å². The van der Waals surface area contributed by atoms with E-state index in [0.29, 0.717) is 5.69 Å². The predicted molar refractivity (Wildman–Crippen MR) is 96.0 cm³/mol. The Kier molecular flexibility index (Phi) is 4.16. The molecule has 3 N–H and O–H groups in total. The van der Waals surface area contributed by atoms with Crippen molar-refractivity contribution in [3.8, 4) is 0 Å². The zero-order valence-corrected chi connectivity index (χ0v) is 13.2. The summed E-state index contributed by atoms with van der Waals surface area (Å²) < 4.78 is 1.35. The van der Waals surface area contributed by atoms with Gasteiger partial charge in [0.15, 0.2) is 0 Å². The third-order valence-electron chi connectivity index (χ3n) is 3.73. The Hall–Kier alpha value is -3.34. The van der Waals surface area contributed by atoms with E-state index in [1.807, 2.05) is 30.3 Å². The summed E-state index contributed by atoms with van der Waals surface area (Å²) in [7, 11) is 1.59. The second kappa shape index (κ2) is 6.42. The van der Waals surface area contributed by atoms with Gasteiger partial charge in [0.25, 0.3) is 11.1 Å². The van der Waals surface area contributed by atoms with Crippen LogP contribution in [0.1, 0.15) is 11.1 Å². The average molecular weight is 319 g/mol. The van der Waals surface area contributed by atoms with Crippen LogP contribution in [-0.4, -0.2) is 9.55 Å². The van der Waals surface area contributed by atoms with E-state index in [0.717, 1.165) is 11.1 Å². The predicted octanol–water partition coefficient (Wildman–Crippen LogP) is 0.313. The number of nitrogen functional groups attached to an aromatic ring is 1. The number of nitrogens with one attached hydrogen (secondary N) is 1. The highest BCUT2D eigenvalue weighted by molar-refractivity contribution is 5.53. The van der Waals surface area contributed by atoms with Gasteiger partial charge in [-0.25, -0.2) is 0 Å². The van der Waals surface area contributed by atoms with Crippen LogP contribution in [0.3, 0.4) is 0 Å². The van der Waals surface area contributed by atoms with Gasteiger partial charge in [0, 0.05) is 12.7 Å². The third kappa shape index (κ3) is 3.20. The fourth-order valence-corrected chi connectivity index (χ4v) is 2.41. The van der Waals surface area contributed by atoms with Crippen molar-refractivity contribution in [2.24, 2.45) is 7.05 Å². The van der Waals surface area contributed by atoms with E-state index in [4.69, 9.17) is 5.73 Å². The molecule has 0 saturated heterocycles. The number of H-pyrrole nitrogens is 1. The van der Waals surface area contributed by atoms with Crippen molar-refractivity contribution in [3.63, 3.8) is 0 Å². The Bertz CT molecular complexity index is 1090. The Balaban J connectivity index is 2.20. The van der Waals surface area contributed by atoms with Crippen molar-refractivity contribution in [1.82, 2.24) is 9.55 Å². The van der Waals surface area contributed by atoms with Gasteiger partial charge in [-0.3, -0.25) is 9.59 Å². The Morgan fingerprint density at radius 3 is 2.21 bits per heavy atom. The van der Waals surface area contributed by atoms with Crippen LogP contribution in [0.15, 0.2) is 64.2 Å². The normalized spacial score (nSPS) is 12.5. The van der Waals surface area contributed by atoms with Crippen LogP contribution >= 0.6 is 0 Å². The summed E-state index contributed by atoms with van der Waals surface area (Å²) in [5, 5.41) is 0.540. The molecule has 3 rings (SSSR count). The van der Waals surface area contributed by atoms with Crippen molar-refractivity contribution in [2.75, 3.05) is 5.73 Å². The van der Waals surface area contributed by atoms with Crippen LogP contribution in [0.2, 0.25) is 0 Å². The maximum atomic E-state index is 12.5. The first-order chi connectivity index (χ1) is 11.5. The fraction of sp³-hybridized carbons (Fsp3) is 0.0526. The van der Waals surface area contributed by atoms with E-state index in [2.05, 4.69) is 4.98 Å². The largest absolute Gasteiger partial charge is 0.399 e. The molecule has 0 unspecified atom stereocenters. The van der Waals surface area contributed by atoms with Gasteiger partial charge in [-0.1, -0.05) is 42.5 Å². The molecule has 0 radical (unpaired) electrons. The highest BCUT2D eigenvalue weighted by Crippen LogP contribution is 2.05. The summed E-state index contributed by atoms with van der Waals surface area (Å²) in [6.07, 6.45) is 3.32. The fourth-order valence-electron chi connectivity index (χ4n) is 2.41. The number of hydrogen-bond acceptors (Lipinski definition) is 3. The monoisotopic (exact) mass is 319 g/mol. The lowest BCUT2D eigenvalue weighted by molar-refractivity contribution is 0.776. The smallest absolute Gasteiger partial charge is 0.274 e. The molecule has 5 nitrogen and oxygen atoms in total. The van der Waals surface area contributed by atoms with Crippen molar-refractivity contribution < 1.29 is 0 Å². The van der Waals surface area contributed by atoms with Gasteiger partial charge in [-0.05, 0) is 35.4 Å². The highest BCUT2D eigenvalue weighted by atomic mass is 16.1. The van der Waals surface area contributed by atoms with Gasteiger partial charge in [0.1, 0.15) is 10.7 Å². The molecular weight excluding hydrogens is 302 g/mol. The Morgan fingerprint density at radius 1 is 0.917 bits per heavy atom. The maximum absolute atomic E-state index is 12.5. The molecule has 0 atom stereocenters. The first-order valence-corrected chi connectivity index (χ1v) is 7.48. The standard InChI is InChI=1S/C19H17N3O2/c1-22-17(12-14-7-9-15(20)10-8-14)18(23)21-16(19(22)24)11-13-5-3-2-4-6-13/h2-12H,20H2,1H3,(H,21,23)/b16-11-,17-12-. The third-order valence-corrected chi connectivity index (χ3v) is 3.73. The van der Waals surface area contributed by atoms with Crippen LogP contribution in [0.5, 0.6) is 0 Å². The summed E-state index contributed by atoms with van der Waals surface area (Å²) in [5.74, 6) is 0. The van der Waals surface area contributed by atoms with Crippen molar-refractivity contribution in [2.45, 2.75) is 0 Å². The van der Waals surface area contributed by atoms with E-state index >= 15 is 0 Å². The number of aromatic amines is 1. The molecule has 3 aromatic rings. The lowest BCUT2D eigenvalue weighted by Gasteiger charge is -2.00. The molecule has 0 aliphatic rings. The molecule has 1 heterocycles. The number of anilines is 1. The topological polar surface area (TPSA) is 80.9 Å². The zero-order valence-electron chi connectivity index (χ0n) is 13.2. The Labute approximate surface area is 138 Å². The lowest BCUT2D eigenvalue weighted by Crippen LogP contribution is -2.52. The lowest BCUT2D eigenvalue weighted by atomic mass is 10.2. The van der Waals surface area contributed by atoms with E-state index in [-0.39, 0.29) is 21.8 Å². The summed E-state index contributed by atoms with van der Waals surface area (Å²) in [4.78, 5) is 27.6. The number of benzene rings is 2. The summed E-state index contributed by atoms with van der Waals surface area (Å²) >= 11 is 0. The van der Waals surface area contributed by atoms with Crippen LogP contribution in [0.25, 0.3) is 12.2 Å². The van der Waals surface area contributed by atoms with Crippen LogP contribution in [0.4, 0.5) is 5.69 Å². The van der Waals surface area contributed by atoms with E-state index in [1.165, 1.54) is 4.57 Å². The number of hydrogen-bond donors (Lipinski definition) is 2. The molecule has 0 bridgehead atoms. The summed E-state index contributed by atoms with van der Waals surface area (Å²) in [6, 6.07) is 16.5. The molecule has 0 fully saturated rings. The average Bonchev–Trinajstić information content (AvgIpc) is 2.59. The van der Waals surface area contributed by atoms with E-state index < -0.39 is 0 Å². The van der Waals surface area contributed by atoms with Crippen molar-refractivity contribution in [3.05, 3.63) is 97.1 Å². The number of rotatable bonds is 2. The molecule has 1 aromatic heterocycles. The zero-order chi connectivity index (χ0) is 17.1. The van der Waals surface area contributed by atoms with Gasteiger partial charge in [-0.2, -0.15) is 0 Å².